The highest BCUT2D eigenvalue weighted by molar-refractivity contribution is 7.45. The monoisotopic (exact) mass is 920 g/mol. The molecule has 0 aliphatic carbocycles. The zero-order valence-corrected chi connectivity index (χ0v) is 42.9. The number of nitrogens with zero attached hydrogens (tertiary/aromatic N) is 1. The van der Waals surface area contributed by atoms with E-state index in [0.29, 0.717) is 23.9 Å². The second-order valence-electron chi connectivity index (χ2n) is 18.5. The van der Waals surface area contributed by atoms with Gasteiger partial charge < -0.3 is 27.9 Å². The predicted octanol–water partition coefficient (Wildman–Crippen LogP) is 15.0. The number of carbonyl (C=O) groups excluding carboxylic acids is 2. The van der Waals surface area contributed by atoms with Crippen molar-refractivity contribution in [2.75, 3.05) is 47.5 Å². The lowest BCUT2D eigenvalue weighted by atomic mass is 10.0. The van der Waals surface area contributed by atoms with E-state index in [1.165, 1.54) is 122 Å². The van der Waals surface area contributed by atoms with Crippen molar-refractivity contribution in [3.8, 4) is 0 Å². The van der Waals surface area contributed by atoms with E-state index in [9.17, 15) is 19.0 Å². The van der Waals surface area contributed by atoms with Crippen LogP contribution in [-0.4, -0.2) is 70.0 Å². The van der Waals surface area contributed by atoms with Crippen LogP contribution in [0.5, 0.6) is 0 Å². The van der Waals surface area contributed by atoms with E-state index in [1.54, 1.807) is 0 Å². The number of hydrogen-bond donors (Lipinski definition) is 0. The van der Waals surface area contributed by atoms with Crippen LogP contribution < -0.4 is 4.89 Å². The molecule has 0 aliphatic heterocycles. The molecular formula is C54H98NO8P. The Hall–Kier alpha value is -2.29. The number of hydrogen-bond acceptors (Lipinski definition) is 8. The molecule has 0 amide bonds. The van der Waals surface area contributed by atoms with Gasteiger partial charge in [-0.15, -0.1) is 0 Å². The maximum absolute atomic E-state index is 12.7. The van der Waals surface area contributed by atoms with Gasteiger partial charge in [0, 0.05) is 12.8 Å². The summed E-state index contributed by atoms with van der Waals surface area (Å²) in [5, 5.41) is 0. The fourth-order valence-corrected chi connectivity index (χ4v) is 7.77. The SMILES string of the molecule is CC/C=C/C/C=C/C/C=C/C/C=C/C/C=C/CCCC(=O)OC[C@H](COP(=O)([O-])OCC[N+](C)(C)C)OC(=O)CCCCCCCCCCCCCCCCCCCCCCCCC. The normalized spacial score (nSPS) is 13.9. The smallest absolute Gasteiger partial charge is 0.306 e. The Bertz CT molecular complexity index is 1270. The minimum atomic E-state index is -4.64. The molecule has 0 heterocycles. The Balaban J connectivity index is 4.27. The summed E-state index contributed by atoms with van der Waals surface area (Å²) in [6.45, 7) is 4.07. The van der Waals surface area contributed by atoms with Gasteiger partial charge in [-0.25, -0.2) is 0 Å². The Morgan fingerprint density at radius 3 is 1.31 bits per heavy atom. The van der Waals surface area contributed by atoms with Gasteiger partial charge in [-0.1, -0.05) is 216 Å². The minimum absolute atomic E-state index is 0.0405. The van der Waals surface area contributed by atoms with Crippen molar-refractivity contribution in [3.63, 3.8) is 0 Å². The van der Waals surface area contributed by atoms with Gasteiger partial charge in [0.2, 0.25) is 0 Å². The quantitative estimate of drug-likeness (QED) is 0.0195. The molecule has 64 heavy (non-hydrogen) atoms. The molecule has 0 aliphatic rings. The highest BCUT2D eigenvalue weighted by atomic mass is 31.2. The van der Waals surface area contributed by atoms with Gasteiger partial charge in [0.1, 0.15) is 19.8 Å². The van der Waals surface area contributed by atoms with E-state index in [2.05, 4.69) is 74.6 Å². The van der Waals surface area contributed by atoms with Gasteiger partial charge in [0.25, 0.3) is 7.82 Å². The van der Waals surface area contributed by atoms with Crippen LogP contribution in [0.1, 0.15) is 219 Å². The fraction of sp³-hybridized carbons (Fsp3) is 0.778. The first-order valence-corrected chi connectivity index (χ1v) is 27.5. The lowest BCUT2D eigenvalue weighted by molar-refractivity contribution is -0.870. The highest BCUT2D eigenvalue weighted by Gasteiger charge is 2.21. The van der Waals surface area contributed by atoms with Crippen LogP contribution in [0.4, 0.5) is 0 Å². The van der Waals surface area contributed by atoms with Gasteiger partial charge >= 0.3 is 11.9 Å². The van der Waals surface area contributed by atoms with Crippen LogP contribution in [0.15, 0.2) is 60.8 Å². The van der Waals surface area contributed by atoms with Crippen LogP contribution in [-0.2, 0) is 32.7 Å². The maximum atomic E-state index is 12.7. The molecule has 1 unspecified atom stereocenters. The lowest BCUT2D eigenvalue weighted by Crippen LogP contribution is -2.37. The molecule has 0 saturated carbocycles. The first-order valence-electron chi connectivity index (χ1n) is 26.0. The molecule has 9 nitrogen and oxygen atoms in total. The number of ether oxygens (including phenoxy) is 2. The second kappa shape index (κ2) is 45.8. The number of quaternary nitrogens is 1. The van der Waals surface area contributed by atoms with Crippen molar-refractivity contribution in [2.24, 2.45) is 0 Å². The minimum Gasteiger partial charge on any atom is -0.756 e. The van der Waals surface area contributed by atoms with Crippen molar-refractivity contribution >= 4 is 19.8 Å². The van der Waals surface area contributed by atoms with Crippen LogP contribution in [0.2, 0.25) is 0 Å². The molecule has 0 radical (unpaired) electrons. The summed E-state index contributed by atoms with van der Waals surface area (Å²) < 4.78 is 34.0. The first-order chi connectivity index (χ1) is 31.0. The number of carbonyl (C=O) groups is 2. The molecule has 10 heteroatoms. The molecule has 0 bridgehead atoms. The standard InChI is InChI=1S/C54H98NO8P/c1-6-8-10-12-14-16-18-20-22-24-25-26-27-28-29-31-33-35-37-39-41-43-45-47-54(57)63-52(51-62-64(58,59)61-49-48-55(3,4)5)50-60-53(56)46-44-42-40-38-36-34-32-30-23-21-19-17-15-13-11-9-7-2/h9,11,15,17,21,23,32,34,38,40,52H,6-8,10,12-14,16,18-20,22,24-31,33,35-37,39,41-51H2,1-5H3/b11-9+,17-15+,23-21+,34-32+,40-38+/t52-/m1/s1. The van der Waals surface area contributed by atoms with Crippen molar-refractivity contribution in [2.45, 2.75) is 225 Å². The first kappa shape index (κ1) is 61.7. The molecule has 0 saturated heterocycles. The fourth-order valence-electron chi connectivity index (χ4n) is 7.04. The molecule has 0 spiro atoms. The molecule has 0 N–H and O–H groups in total. The van der Waals surface area contributed by atoms with Crippen molar-refractivity contribution in [3.05, 3.63) is 60.8 Å². The van der Waals surface area contributed by atoms with E-state index in [0.717, 1.165) is 57.8 Å². The zero-order valence-electron chi connectivity index (χ0n) is 42.0. The highest BCUT2D eigenvalue weighted by Crippen LogP contribution is 2.38. The summed E-state index contributed by atoms with van der Waals surface area (Å²) in [6, 6.07) is 0. The van der Waals surface area contributed by atoms with Crippen LogP contribution in [0.3, 0.4) is 0 Å². The number of allylic oxidation sites excluding steroid dienone is 10. The van der Waals surface area contributed by atoms with Crippen LogP contribution >= 0.6 is 7.82 Å². The van der Waals surface area contributed by atoms with E-state index in [1.807, 2.05) is 21.1 Å². The Kier molecular flexibility index (Phi) is 44.2. The summed E-state index contributed by atoms with van der Waals surface area (Å²) in [5.74, 6) is -0.897. The summed E-state index contributed by atoms with van der Waals surface area (Å²) in [7, 11) is 1.14. The van der Waals surface area contributed by atoms with Gasteiger partial charge in [0.15, 0.2) is 6.10 Å². The average Bonchev–Trinajstić information content (AvgIpc) is 3.25. The van der Waals surface area contributed by atoms with Crippen molar-refractivity contribution in [1.29, 1.82) is 0 Å². The third-order valence-electron chi connectivity index (χ3n) is 11.1. The third-order valence-corrected chi connectivity index (χ3v) is 12.0. The van der Waals surface area contributed by atoms with Gasteiger partial charge in [-0.3, -0.25) is 14.2 Å². The third kappa shape index (κ3) is 49.2. The Morgan fingerprint density at radius 2 is 0.891 bits per heavy atom. The molecular weight excluding hydrogens is 822 g/mol. The Labute approximate surface area is 394 Å². The molecule has 0 aromatic carbocycles. The number of phosphoric ester groups is 1. The number of phosphoric acid groups is 1. The van der Waals surface area contributed by atoms with Gasteiger partial charge in [-0.2, -0.15) is 0 Å². The van der Waals surface area contributed by atoms with Gasteiger partial charge in [0.05, 0.1) is 27.7 Å². The predicted molar refractivity (Wildman–Crippen MR) is 268 cm³/mol. The zero-order chi connectivity index (χ0) is 47.1. The number of esters is 2. The van der Waals surface area contributed by atoms with Crippen molar-refractivity contribution in [1.82, 2.24) is 0 Å². The molecule has 2 atom stereocenters. The van der Waals surface area contributed by atoms with Crippen molar-refractivity contribution < 1.29 is 42.1 Å². The van der Waals surface area contributed by atoms with E-state index in [-0.39, 0.29) is 26.1 Å². The average molecular weight is 920 g/mol. The molecule has 0 aromatic rings. The summed E-state index contributed by atoms with van der Waals surface area (Å²) in [5.41, 5.74) is 0. The van der Waals surface area contributed by atoms with Gasteiger partial charge in [-0.05, 0) is 51.4 Å². The summed E-state index contributed by atoms with van der Waals surface area (Å²) >= 11 is 0. The Morgan fingerprint density at radius 1 is 0.500 bits per heavy atom. The topological polar surface area (TPSA) is 111 Å². The maximum Gasteiger partial charge on any atom is 0.306 e. The van der Waals surface area contributed by atoms with E-state index < -0.39 is 32.5 Å². The molecule has 0 aromatic heterocycles. The van der Waals surface area contributed by atoms with E-state index >= 15 is 0 Å². The summed E-state index contributed by atoms with van der Waals surface area (Å²) in [4.78, 5) is 37.7. The lowest BCUT2D eigenvalue weighted by Gasteiger charge is -2.28. The second-order valence-corrected chi connectivity index (χ2v) is 19.9. The largest absolute Gasteiger partial charge is 0.756 e. The molecule has 0 fully saturated rings. The molecule has 0 rings (SSSR count). The van der Waals surface area contributed by atoms with Crippen LogP contribution in [0, 0.1) is 0 Å². The molecule has 372 valence electrons. The van der Waals surface area contributed by atoms with E-state index in [4.69, 9.17) is 18.5 Å². The van der Waals surface area contributed by atoms with Crippen LogP contribution in [0.25, 0.3) is 0 Å². The number of likely N-dealkylation sites (N-methyl/N-ethyl adjacent to an activating group) is 1. The number of rotatable bonds is 47. The summed E-state index contributed by atoms with van der Waals surface area (Å²) in [6.07, 6.45) is 57.0. The number of unbranched alkanes of at least 4 members (excludes halogenated alkanes) is 23.